The standard InChI is InChI=1S/C27H34O/c1-19-10-12-22(21(3)17-19)27-16-8-5-9-25(27)26(14-6-4-7-15-26)23-13-11-20(2)18-24(23)28-27/h10-13,17-18,25H,4-9,14-16H2,1-3H3. The second-order valence-corrected chi connectivity index (χ2v) is 9.82. The molecule has 0 bridgehead atoms. The number of benzene rings is 2. The summed E-state index contributed by atoms with van der Waals surface area (Å²) in [4.78, 5) is 0. The average Bonchev–Trinajstić information content (AvgIpc) is 2.68. The molecule has 2 aromatic carbocycles. The molecule has 1 heterocycles. The van der Waals surface area contributed by atoms with Crippen LogP contribution in [0.15, 0.2) is 36.4 Å². The Balaban J connectivity index is 1.76. The molecule has 0 aromatic heterocycles. The van der Waals surface area contributed by atoms with Crippen molar-refractivity contribution in [3.8, 4) is 5.75 Å². The molecule has 148 valence electrons. The van der Waals surface area contributed by atoms with Crippen molar-refractivity contribution in [3.05, 3.63) is 64.2 Å². The summed E-state index contributed by atoms with van der Waals surface area (Å²) >= 11 is 0. The summed E-state index contributed by atoms with van der Waals surface area (Å²) < 4.78 is 7.14. The molecule has 28 heavy (non-hydrogen) atoms. The van der Waals surface area contributed by atoms with E-state index in [1.807, 2.05) is 0 Å². The molecule has 1 heteroatoms. The van der Waals surface area contributed by atoms with Gasteiger partial charge in [-0.15, -0.1) is 0 Å². The van der Waals surface area contributed by atoms with Crippen molar-refractivity contribution in [2.45, 2.75) is 89.6 Å². The molecule has 1 aliphatic heterocycles. The molecule has 1 nitrogen and oxygen atoms in total. The molecule has 0 radical (unpaired) electrons. The molecule has 2 fully saturated rings. The van der Waals surface area contributed by atoms with Crippen LogP contribution >= 0.6 is 0 Å². The third-order valence-corrected chi connectivity index (χ3v) is 8.07. The van der Waals surface area contributed by atoms with Gasteiger partial charge in [0.1, 0.15) is 11.4 Å². The fraction of sp³-hybridized carbons (Fsp3) is 0.556. The minimum absolute atomic E-state index is 0.145. The first-order chi connectivity index (χ1) is 13.6. The van der Waals surface area contributed by atoms with Crippen LogP contribution in [0.3, 0.4) is 0 Å². The second-order valence-electron chi connectivity index (χ2n) is 9.82. The Morgan fingerprint density at radius 2 is 1.43 bits per heavy atom. The summed E-state index contributed by atoms with van der Waals surface area (Å²) in [5.41, 5.74) is 7.21. The summed E-state index contributed by atoms with van der Waals surface area (Å²) in [6, 6.07) is 14.1. The second kappa shape index (κ2) is 6.65. The van der Waals surface area contributed by atoms with E-state index in [9.17, 15) is 0 Å². The summed E-state index contributed by atoms with van der Waals surface area (Å²) in [7, 11) is 0. The molecular formula is C27H34O. The first kappa shape index (κ1) is 18.3. The van der Waals surface area contributed by atoms with Crippen LogP contribution in [0.5, 0.6) is 5.75 Å². The van der Waals surface area contributed by atoms with Crippen LogP contribution in [0.1, 0.15) is 85.6 Å². The zero-order valence-corrected chi connectivity index (χ0v) is 17.8. The van der Waals surface area contributed by atoms with Gasteiger partial charge in [-0.2, -0.15) is 0 Å². The van der Waals surface area contributed by atoms with Gasteiger partial charge in [0.25, 0.3) is 0 Å². The highest BCUT2D eigenvalue weighted by Gasteiger charge is 2.59. The highest BCUT2D eigenvalue weighted by Crippen LogP contribution is 2.63. The van der Waals surface area contributed by atoms with Crippen molar-refractivity contribution in [1.29, 1.82) is 0 Å². The highest BCUT2D eigenvalue weighted by atomic mass is 16.5. The van der Waals surface area contributed by atoms with Crippen molar-refractivity contribution in [1.82, 2.24) is 0 Å². The van der Waals surface area contributed by atoms with Gasteiger partial charge in [-0.25, -0.2) is 0 Å². The molecule has 0 saturated heterocycles. The van der Waals surface area contributed by atoms with Gasteiger partial charge < -0.3 is 4.74 Å². The van der Waals surface area contributed by atoms with Crippen LogP contribution in [-0.4, -0.2) is 0 Å². The highest BCUT2D eigenvalue weighted by molar-refractivity contribution is 5.49. The summed E-state index contributed by atoms with van der Waals surface area (Å²) in [6.07, 6.45) is 11.9. The van der Waals surface area contributed by atoms with E-state index in [2.05, 4.69) is 57.2 Å². The lowest BCUT2D eigenvalue weighted by Crippen LogP contribution is -2.57. The van der Waals surface area contributed by atoms with Gasteiger partial charge in [0.05, 0.1) is 0 Å². The van der Waals surface area contributed by atoms with E-state index in [0.29, 0.717) is 11.3 Å². The molecular weight excluding hydrogens is 340 g/mol. The molecule has 2 aromatic rings. The third kappa shape index (κ3) is 2.58. The van der Waals surface area contributed by atoms with Gasteiger partial charge in [-0.1, -0.05) is 61.6 Å². The van der Waals surface area contributed by atoms with Crippen molar-refractivity contribution >= 4 is 0 Å². The number of ether oxygens (including phenoxy) is 1. The number of fused-ring (bicyclic) bond motifs is 4. The Morgan fingerprint density at radius 3 is 2.18 bits per heavy atom. The maximum absolute atomic E-state index is 7.14. The van der Waals surface area contributed by atoms with E-state index in [1.165, 1.54) is 84.9 Å². The molecule has 2 aliphatic carbocycles. The van der Waals surface area contributed by atoms with Crippen molar-refractivity contribution in [2.75, 3.05) is 0 Å². The van der Waals surface area contributed by atoms with E-state index in [4.69, 9.17) is 4.74 Å². The van der Waals surface area contributed by atoms with E-state index in [-0.39, 0.29) is 5.60 Å². The number of hydrogen-bond acceptors (Lipinski definition) is 1. The minimum Gasteiger partial charge on any atom is -0.482 e. The van der Waals surface area contributed by atoms with Crippen LogP contribution in [0.4, 0.5) is 0 Å². The lowest BCUT2D eigenvalue weighted by molar-refractivity contribution is -0.0953. The van der Waals surface area contributed by atoms with E-state index < -0.39 is 0 Å². The topological polar surface area (TPSA) is 9.23 Å². The molecule has 5 rings (SSSR count). The number of rotatable bonds is 1. The van der Waals surface area contributed by atoms with Gasteiger partial charge in [0.15, 0.2) is 0 Å². The molecule has 2 saturated carbocycles. The first-order valence-corrected chi connectivity index (χ1v) is 11.4. The maximum Gasteiger partial charge on any atom is 0.138 e. The van der Waals surface area contributed by atoms with Crippen LogP contribution in [0, 0.1) is 26.7 Å². The quantitative estimate of drug-likeness (QED) is 0.509. The van der Waals surface area contributed by atoms with Gasteiger partial charge in [-0.3, -0.25) is 0 Å². The Bertz CT molecular complexity index is 889. The average molecular weight is 375 g/mol. The monoisotopic (exact) mass is 374 g/mol. The molecule has 0 N–H and O–H groups in total. The van der Waals surface area contributed by atoms with Crippen molar-refractivity contribution in [2.24, 2.45) is 5.92 Å². The molecule has 1 spiro atoms. The predicted octanol–water partition coefficient (Wildman–Crippen LogP) is 7.29. The Hall–Kier alpha value is -1.76. The van der Waals surface area contributed by atoms with Crippen molar-refractivity contribution in [3.63, 3.8) is 0 Å². The summed E-state index contributed by atoms with van der Waals surface area (Å²) in [5, 5.41) is 0. The zero-order chi connectivity index (χ0) is 19.4. The predicted molar refractivity (Wildman–Crippen MR) is 116 cm³/mol. The van der Waals surface area contributed by atoms with Crippen LogP contribution in [-0.2, 0) is 11.0 Å². The molecule has 2 atom stereocenters. The summed E-state index contributed by atoms with van der Waals surface area (Å²) in [5.74, 6) is 1.78. The third-order valence-electron chi connectivity index (χ3n) is 8.07. The molecule has 3 aliphatic rings. The lowest BCUT2D eigenvalue weighted by atomic mass is 9.51. The number of aryl methyl sites for hydroxylation is 3. The largest absolute Gasteiger partial charge is 0.482 e. The van der Waals surface area contributed by atoms with E-state index in [1.54, 1.807) is 0 Å². The van der Waals surface area contributed by atoms with E-state index in [0.717, 1.165) is 6.42 Å². The fourth-order valence-corrected chi connectivity index (χ4v) is 6.96. The maximum atomic E-state index is 7.14. The fourth-order valence-electron chi connectivity index (χ4n) is 6.96. The minimum atomic E-state index is -0.145. The normalized spacial score (nSPS) is 28.3. The lowest BCUT2D eigenvalue weighted by Gasteiger charge is -2.59. The van der Waals surface area contributed by atoms with Gasteiger partial charge in [0, 0.05) is 16.9 Å². The summed E-state index contributed by atoms with van der Waals surface area (Å²) in [6.45, 7) is 6.70. The van der Waals surface area contributed by atoms with Crippen LogP contribution in [0.2, 0.25) is 0 Å². The SMILES string of the molecule is Cc1ccc(C23CCCCC2C2(CCCCC2)c2ccc(C)cc2O3)c(C)c1. The van der Waals surface area contributed by atoms with Gasteiger partial charge in [-0.05, 0) is 75.6 Å². The first-order valence-electron chi connectivity index (χ1n) is 11.4. The zero-order valence-electron chi connectivity index (χ0n) is 17.8. The Kier molecular flexibility index (Phi) is 4.34. The van der Waals surface area contributed by atoms with Gasteiger partial charge in [0.2, 0.25) is 0 Å². The molecule has 2 unspecified atom stereocenters. The van der Waals surface area contributed by atoms with Crippen LogP contribution < -0.4 is 4.74 Å². The van der Waals surface area contributed by atoms with Crippen molar-refractivity contribution < 1.29 is 4.74 Å². The smallest absolute Gasteiger partial charge is 0.138 e. The molecule has 0 amide bonds. The Morgan fingerprint density at radius 1 is 0.750 bits per heavy atom. The van der Waals surface area contributed by atoms with Crippen LogP contribution in [0.25, 0.3) is 0 Å². The Labute approximate surface area is 170 Å². The van der Waals surface area contributed by atoms with E-state index >= 15 is 0 Å². The van der Waals surface area contributed by atoms with Gasteiger partial charge >= 0.3 is 0 Å². The number of hydrogen-bond donors (Lipinski definition) is 0.